The average molecular weight is 417 g/mol. The third-order valence-corrected chi connectivity index (χ3v) is 5.80. The molecule has 0 spiro atoms. The summed E-state index contributed by atoms with van der Waals surface area (Å²) in [5.41, 5.74) is 3.88. The number of esters is 1. The van der Waals surface area contributed by atoms with E-state index in [-0.39, 0.29) is 23.7 Å². The van der Waals surface area contributed by atoms with Crippen LogP contribution < -0.4 is 5.32 Å². The molecule has 29 heavy (non-hydrogen) atoms. The van der Waals surface area contributed by atoms with E-state index in [2.05, 4.69) is 9.71 Å². The molecule has 3 rings (SSSR count). The van der Waals surface area contributed by atoms with Crippen LogP contribution in [0.4, 0.5) is 5.69 Å². The number of rotatable bonds is 4. The van der Waals surface area contributed by atoms with Crippen LogP contribution in [0.15, 0.2) is 40.5 Å². The Hall–Kier alpha value is -2.94. The number of nitrogens with one attached hydrogen (secondary N) is 1. The zero-order chi connectivity index (χ0) is 21.3. The smallest absolute Gasteiger partial charge is 0.340 e. The van der Waals surface area contributed by atoms with Crippen LogP contribution in [0.25, 0.3) is 0 Å². The highest BCUT2D eigenvalue weighted by Crippen LogP contribution is 2.22. The van der Waals surface area contributed by atoms with E-state index in [0.29, 0.717) is 5.69 Å². The molecular weight excluding hydrogens is 394 g/mol. The molecule has 2 aliphatic rings. The highest BCUT2D eigenvalue weighted by molar-refractivity contribution is 7.90. The maximum absolute atomic E-state index is 12.5. The lowest BCUT2D eigenvalue weighted by Gasteiger charge is -2.27. The number of aryl methyl sites for hydroxylation is 3. The quantitative estimate of drug-likeness (QED) is 0.751. The Labute approximate surface area is 170 Å². The first-order chi connectivity index (χ1) is 13.6. The highest BCUT2D eigenvalue weighted by Gasteiger charge is 2.27. The number of amidine groups is 1. The molecule has 9 heteroatoms. The monoisotopic (exact) mass is 417 g/mol. The normalized spacial score (nSPS) is 18.3. The number of sulfonamides is 1. The second-order valence-corrected chi connectivity index (χ2v) is 8.91. The Balaban J connectivity index is 1.66. The van der Waals surface area contributed by atoms with Gasteiger partial charge in [0.15, 0.2) is 6.10 Å². The number of anilines is 1. The van der Waals surface area contributed by atoms with Crippen LogP contribution in [-0.2, 0) is 24.3 Å². The van der Waals surface area contributed by atoms with Crippen LogP contribution in [0.5, 0.6) is 0 Å². The standard InChI is InChI=1S/C20H23N3O5S/c1-12-9-13(2)18(14(3)10-12)21-19(24)15(4)28-20(25)16-5-6-17-22-29(26,27)8-7-23(17)11-16/h5-6,9-11,15H,7-8H2,1-4H3,(H,21,24). The zero-order valence-electron chi connectivity index (χ0n) is 16.7. The molecule has 1 N–H and O–H groups in total. The van der Waals surface area contributed by atoms with Crippen LogP contribution in [-0.4, -0.2) is 49.4 Å². The summed E-state index contributed by atoms with van der Waals surface area (Å²) in [6.45, 7) is 7.49. The van der Waals surface area contributed by atoms with Crippen molar-refractivity contribution in [1.82, 2.24) is 4.90 Å². The number of nitrogens with zero attached hydrogens (tertiary/aromatic N) is 2. The fourth-order valence-electron chi connectivity index (χ4n) is 3.21. The second kappa shape index (κ2) is 7.82. The number of ether oxygens (including phenoxy) is 1. The molecule has 1 aromatic rings. The lowest BCUT2D eigenvalue weighted by Crippen LogP contribution is -2.37. The Morgan fingerprint density at radius 1 is 1.17 bits per heavy atom. The topological polar surface area (TPSA) is 105 Å². The SMILES string of the molecule is Cc1cc(C)c(NC(=O)C(C)OC(=O)C2=CN3CCS(=O)(=O)N=C3C=C2)c(C)c1. The number of carbonyl (C=O) groups is 2. The number of fused-ring (bicyclic) bond motifs is 1. The number of benzene rings is 1. The van der Waals surface area contributed by atoms with Crippen molar-refractivity contribution in [2.75, 3.05) is 17.6 Å². The van der Waals surface area contributed by atoms with Gasteiger partial charge in [0.05, 0.1) is 11.3 Å². The Morgan fingerprint density at radius 2 is 1.83 bits per heavy atom. The number of carbonyl (C=O) groups excluding carboxylic acids is 2. The largest absolute Gasteiger partial charge is 0.449 e. The van der Waals surface area contributed by atoms with Gasteiger partial charge in [-0.05, 0) is 51.0 Å². The molecule has 2 aliphatic heterocycles. The van der Waals surface area contributed by atoms with Crippen LogP contribution in [0.3, 0.4) is 0 Å². The molecule has 2 heterocycles. The van der Waals surface area contributed by atoms with Gasteiger partial charge in [-0.2, -0.15) is 0 Å². The maximum Gasteiger partial charge on any atom is 0.340 e. The van der Waals surface area contributed by atoms with Gasteiger partial charge in [-0.25, -0.2) is 13.2 Å². The van der Waals surface area contributed by atoms with Crippen LogP contribution in [0, 0.1) is 20.8 Å². The van der Waals surface area contributed by atoms with Gasteiger partial charge in [-0.1, -0.05) is 17.7 Å². The minimum absolute atomic E-state index is 0.128. The van der Waals surface area contributed by atoms with Crippen molar-refractivity contribution in [1.29, 1.82) is 0 Å². The first-order valence-electron chi connectivity index (χ1n) is 9.14. The minimum atomic E-state index is -3.46. The van der Waals surface area contributed by atoms with Gasteiger partial charge in [0.25, 0.3) is 15.9 Å². The molecule has 1 unspecified atom stereocenters. The molecule has 0 radical (unpaired) electrons. The summed E-state index contributed by atoms with van der Waals surface area (Å²) in [5.74, 6) is -0.977. The highest BCUT2D eigenvalue weighted by atomic mass is 32.2. The van der Waals surface area contributed by atoms with Crippen molar-refractivity contribution in [3.63, 3.8) is 0 Å². The first-order valence-corrected chi connectivity index (χ1v) is 10.8. The molecule has 0 aromatic heterocycles. The van der Waals surface area contributed by atoms with Gasteiger partial charge in [0.2, 0.25) is 0 Å². The van der Waals surface area contributed by atoms with Crippen LogP contribution in [0.2, 0.25) is 0 Å². The molecule has 0 bridgehead atoms. The molecule has 0 fully saturated rings. The van der Waals surface area contributed by atoms with E-state index in [4.69, 9.17) is 4.74 Å². The van der Waals surface area contributed by atoms with Crippen molar-refractivity contribution in [2.45, 2.75) is 33.8 Å². The van der Waals surface area contributed by atoms with Gasteiger partial charge in [-0.15, -0.1) is 4.40 Å². The first kappa shape index (κ1) is 20.8. The van der Waals surface area contributed by atoms with E-state index in [1.165, 1.54) is 25.3 Å². The van der Waals surface area contributed by atoms with Crippen LogP contribution >= 0.6 is 0 Å². The third kappa shape index (κ3) is 4.73. The fraction of sp³-hybridized carbons (Fsp3) is 0.350. The van der Waals surface area contributed by atoms with Gasteiger partial charge < -0.3 is 15.0 Å². The van der Waals surface area contributed by atoms with E-state index in [1.54, 1.807) is 4.90 Å². The molecule has 0 saturated heterocycles. The summed E-state index contributed by atoms with van der Waals surface area (Å²) >= 11 is 0. The number of amides is 1. The average Bonchev–Trinajstić information content (AvgIpc) is 2.63. The molecule has 1 atom stereocenters. The zero-order valence-corrected chi connectivity index (χ0v) is 17.5. The van der Waals surface area contributed by atoms with Gasteiger partial charge >= 0.3 is 5.97 Å². The Morgan fingerprint density at radius 3 is 2.48 bits per heavy atom. The minimum Gasteiger partial charge on any atom is -0.449 e. The van der Waals surface area contributed by atoms with Crippen molar-refractivity contribution in [2.24, 2.45) is 4.40 Å². The van der Waals surface area contributed by atoms with E-state index in [9.17, 15) is 18.0 Å². The van der Waals surface area contributed by atoms with Crippen molar-refractivity contribution in [3.8, 4) is 0 Å². The predicted molar refractivity (Wildman–Crippen MR) is 110 cm³/mol. The van der Waals surface area contributed by atoms with Gasteiger partial charge in [0, 0.05) is 18.4 Å². The number of hydrogen-bond donors (Lipinski definition) is 1. The van der Waals surface area contributed by atoms with Gasteiger partial charge in [-0.3, -0.25) is 4.79 Å². The molecule has 1 aromatic carbocycles. The maximum atomic E-state index is 12.5. The summed E-state index contributed by atoms with van der Waals surface area (Å²) in [4.78, 5) is 26.5. The third-order valence-electron chi connectivity index (χ3n) is 4.64. The molecule has 1 amide bonds. The van der Waals surface area contributed by atoms with Crippen molar-refractivity contribution < 1.29 is 22.7 Å². The molecule has 8 nitrogen and oxygen atoms in total. The van der Waals surface area contributed by atoms with Crippen molar-refractivity contribution >= 4 is 33.4 Å². The van der Waals surface area contributed by atoms with Gasteiger partial charge in [0.1, 0.15) is 5.84 Å². The molecule has 0 aliphatic carbocycles. The lowest BCUT2D eigenvalue weighted by atomic mass is 10.0. The predicted octanol–water partition coefficient (Wildman–Crippen LogP) is 1.98. The summed E-state index contributed by atoms with van der Waals surface area (Å²) in [6, 6.07) is 3.93. The molecular formula is C20H23N3O5S. The summed E-state index contributed by atoms with van der Waals surface area (Å²) < 4.78 is 32.1. The van der Waals surface area contributed by atoms with Crippen LogP contribution in [0.1, 0.15) is 23.6 Å². The Kier molecular flexibility index (Phi) is 5.61. The van der Waals surface area contributed by atoms with E-state index < -0.39 is 28.0 Å². The summed E-state index contributed by atoms with van der Waals surface area (Å²) in [6.07, 6.45) is 3.34. The lowest BCUT2D eigenvalue weighted by molar-refractivity contribution is -0.149. The summed E-state index contributed by atoms with van der Waals surface area (Å²) in [5, 5.41) is 2.82. The fourth-order valence-corrected chi connectivity index (χ4v) is 4.18. The summed E-state index contributed by atoms with van der Waals surface area (Å²) in [7, 11) is -3.46. The molecule has 0 saturated carbocycles. The van der Waals surface area contributed by atoms with E-state index in [0.717, 1.165) is 16.7 Å². The van der Waals surface area contributed by atoms with Crippen molar-refractivity contribution in [3.05, 3.63) is 52.7 Å². The Bertz CT molecular complexity index is 1050. The number of hydrogen-bond acceptors (Lipinski definition) is 6. The second-order valence-electron chi connectivity index (χ2n) is 7.16. The molecule has 154 valence electrons. The van der Waals surface area contributed by atoms with E-state index in [1.807, 2.05) is 32.9 Å². The van der Waals surface area contributed by atoms with E-state index >= 15 is 0 Å².